The van der Waals surface area contributed by atoms with Gasteiger partial charge >= 0.3 is 0 Å². The molecule has 0 fully saturated rings. The van der Waals surface area contributed by atoms with Gasteiger partial charge in [0.1, 0.15) is 17.3 Å². The third-order valence-corrected chi connectivity index (χ3v) is 8.76. The molecule has 0 amide bonds. The smallest absolute Gasteiger partial charge is 0.137 e. The highest BCUT2D eigenvalue weighted by molar-refractivity contribution is 6.09. The molecular weight excluding hydrogens is 564 g/mol. The van der Waals surface area contributed by atoms with Gasteiger partial charge in [-0.25, -0.2) is 9.67 Å². The number of aryl methyl sites for hydroxylation is 2. The van der Waals surface area contributed by atoms with Crippen molar-refractivity contribution in [1.29, 1.82) is 0 Å². The van der Waals surface area contributed by atoms with Crippen molar-refractivity contribution in [2.75, 3.05) is 0 Å². The number of benzene rings is 4. The fourth-order valence-corrected chi connectivity index (χ4v) is 6.57. The highest BCUT2D eigenvalue weighted by Gasteiger charge is 2.16. The Morgan fingerprint density at radius 3 is 2.30 bits per heavy atom. The summed E-state index contributed by atoms with van der Waals surface area (Å²) in [5, 5.41) is 7.15. The molecule has 0 aliphatic heterocycles. The third-order valence-electron chi connectivity index (χ3n) is 8.76. The predicted molar refractivity (Wildman–Crippen MR) is 190 cm³/mol. The van der Waals surface area contributed by atoms with Crippen LogP contribution in [-0.2, 0) is 6.42 Å². The molecule has 0 aliphatic carbocycles. The van der Waals surface area contributed by atoms with Gasteiger partial charge in [0.15, 0.2) is 0 Å². The first kappa shape index (κ1) is 29.5. The second-order valence-electron chi connectivity index (χ2n) is 13.1. The van der Waals surface area contributed by atoms with Crippen molar-refractivity contribution in [2.24, 2.45) is 5.92 Å². The van der Waals surface area contributed by atoms with E-state index in [1.54, 1.807) is 0 Å². The maximum atomic E-state index is 6.66. The van der Waals surface area contributed by atoms with Crippen LogP contribution in [-0.4, -0.2) is 19.3 Å². The summed E-state index contributed by atoms with van der Waals surface area (Å²) in [6.45, 7) is 13.2. The molecule has 46 heavy (non-hydrogen) atoms. The predicted octanol–water partition coefficient (Wildman–Crippen LogP) is 10.8. The molecule has 0 aliphatic rings. The number of nitrogens with zero attached hydrogens (tertiary/aromatic N) is 4. The number of fused-ring (bicyclic) bond motifs is 3. The minimum absolute atomic E-state index is 0.324. The minimum atomic E-state index is 0.324. The summed E-state index contributed by atoms with van der Waals surface area (Å²) < 4.78 is 10.9. The van der Waals surface area contributed by atoms with E-state index < -0.39 is 0 Å². The Bertz CT molecular complexity index is 2180. The number of hydrogen-bond acceptors (Lipinski definition) is 3. The van der Waals surface area contributed by atoms with Crippen molar-refractivity contribution in [1.82, 2.24) is 19.3 Å². The number of hydrogen-bond donors (Lipinski definition) is 0. The van der Waals surface area contributed by atoms with Gasteiger partial charge in [-0.15, -0.1) is 0 Å². The van der Waals surface area contributed by atoms with Gasteiger partial charge in [0.25, 0.3) is 0 Å². The maximum Gasteiger partial charge on any atom is 0.137 e. The zero-order valence-electron chi connectivity index (χ0n) is 27.5. The molecule has 0 bridgehead atoms. The second kappa shape index (κ2) is 12.0. The van der Waals surface area contributed by atoms with E-state index in [1.165, 1.54) is 38.6 Å². The topological polar surface area (TPSA) is 44.9 Å². The molecule has 230 valence electrons. The lowest BCUT2D eigenvalue weighted by Crippen LogP contribution is -2.01. The monoisotopic (exact) mass is 604 g/mol. The van der Waals surface area contributed by atoms with E-state index >= 15 is 0 Å². The van der Waals surface area contributed by atoms with E-state index in [1.807, 2.05) is 17.1 Å². The summed E-state index contributed by atoms with van der Waals surface area (Å²) in [7, 11) is 0. The molecule has 4 aromatic carbocycles. The first-order chi connectivity index (χ1) is 22.2. The average Bonchev–Trinajstić information content (AvgIpc) is 3.64. The molecule has 7 rings (SSSR count). The summed E-state index contributed by atoms with van der Waals surface area (Å²) in [5.41, 5.74) is 10.5. The summed E-state index contributed by atoms with van der Waals surface area (Å²) in [6, 6.07) is 32.1. The molecule has 3 aromatic heterocycles. The van der Waals surface area contributed by atoms with Gasteiger partial charge in [-0.05, 0) is 102 Å². The highest BCUT2D eigenvalue weighted by Crippen LogP contribution is 2.36. The normalized spacial score (nSPS) is 11.7. The molecule has 5 nitrogen and oxygen atoms in total. The summed E-state index contributed by atoms with van der Waals surface area (Å²) in [6.07, 6.45) is 7.00. The van der Waals surface area contributed by atoms with E-state index in [0.29, 0.717) is 11.8 Å². The van der Waals surface area contributed by atoms with Crippen molar-refractivity contribution < 1.29 is 4.74 Å². The Hall–Kier alpha value is -5.16. The molecular formula is C41H40N4O. The molecule has 7 aromatic rings. The lowest BCUT2D eigenvalue weighted by Gasteiger charge is -2.14. The van der Waals surface area contributed by atoms with Crippen molar-refractivity contribution in [3.05, 3.63) is 132 Å². The Labute approximate surface area is 271 Å². The largest absolute Gasteiger partial charge is 0.457 e. The van der Waals surface area contributed by atoms with Crippen molar-refractivity contribution >= 4 is 21.8 Å². The van der Waals surface area contributed by atoms with Crippen LogP contribution in [0.3, 0.4) is 0 Å². The molecule has 5 heteroatoms. The number of aromatic nitrogens is 4. The van der Waals surface area contributed by atoms with Crippen molar-refractivity contribution in [3.8, 4) is 34.1 Å². The molecule has 0 saturated carbocycles. The van der Waals surface area contributed by atoms with Crippen LogP contribution in [0, 0.1) is 19.8 Å². The summed E-state index contributed by atoms with van der Waals surface area (Å²) in [5.74, 6) is 3.37. The summed E-state index contributed by atoms with van der Waals surface area (Å²) in [4.78, 5) is 4.83. The molecule has 0 unspecified atom stereocenters. The van der Waals surface area contributed by atoms with Crippen LogP contribution < -0.4 is 4.74 Å². The summed E-state index contributed by atoms with van der Waals surface area (Å²) >= 11 is 0. The van der Waals surface area contributed by atoms with Crippen LogP contribution in [0.25, 0.3) is 44.4 Å². The van der Waals surface area contributed by atoms with Crippen LogP contribution in [0.15, 0.2) is 110 Å². The maximum absolute atomic E-state index is 6.66. The standard InChI is InChI=1S/C41H40N4O/c1-26(2)18-30-16-17-42-40(19-30)45-38-13-8-7-12-36(38)37-15-14-34(23-39(37)45)46-35-21-31(27(3)4)20-33(22-35)44-25-32(24-43-44)41-28(5)10-9-11-29(41)6/h7-17,19-27H,18H2,1-6H3. The zero-order chi connectivity index (χ0) is 31.9. The van der Waals surface area contributed by atoms with Gasteiger partial charge in [-0.3, -0.25) is 4.57 Å². The molecule has 0 spiro atoms. The molecule has 0 saturated heterocycles. The van der Waals surface area contributed by atoms with Crippen LogP contribution in [0.2, 0.25) is 0 Å². The fourth-order valence-electron chi connectivity index (χ4n) is 6.57. The SMILES string of the molecule is Cc1cccc(C)c1-c1cnn(-c2cc(Oc3ccc4c5ccccc5n(-c5cc(CC(C)C)ccn5)c4c3)cc(C(C)C)c2)c1. The van der Waals surface area contributed by atoms with E-state index in [-0.39, 0.29) is 0 Å². The van der Waals surface area contributed by atoms with Gasteiger partial charge < -0.3 is 4.74 Å². The van der Waals surface area contributed by atoms with Gasteiger partial charge in [0, 0.05) is 40.9 Å². The fraction of sp³-hybridized carbons (Fsp3) is 0.220. The number of pyridine rings is 1. The lowest BCUT2D eigenvalue weighted by atomic mass is 9.98. The first-order valence-electron chi connectivity index (χ1n) is 16.2. The van der Waals surface area contributed by atoms with Gasteiger partial charge in [0.05, 0.1) is 22.9 Å². The van der Waals surface area contributed by atoms with E-state index in [2.05, 4.69) is 143 Å². The van der Waals surface area contributed by atoms with Gasteiger partial charge in [0.2, 0.25) is 0 Å². The quantitative estimate of drug-likeness (QED) is 0.173. The average molecular weight is 605 g/mol. The highest BCUT2D eigenvalue weighted by atomic mass is 16.5. The van der Waals surface area contributed by atoms with E-state index in [4.69, 9.17) is 14.8 Å². The van der Waals surface area contributed by atoms with Gasteiger partial charge in [-0.2, -0.15) is 5.10 Å². The molecule has 0 N–H and O–H groups in total. The number of ether oxygens (including phenoxy) is 1. The van der Waals surface area contributed by atoms with Crippen LogP contribution in [0.1, 0.15) is 55.9 Å². The zero-order valence-corrected chi connectivity index (χ0v) is 27.5. The Morgan fingerprint density at radius 1 is 0.739 bits per heavy atom. The Morgan fingerprint density at radius 2 is 1.52 bits per heavy atom. The molecule has 3 heterocycles. The van der Waals surface area contributed by atoms with Crippen LogP contribution in [0.4, 0.5) is 0 Å². The number of para-hydroxylation sites is 1. The van der Waals surface area contributed by atoms with Crippen molar-refractivity contribution in [3.63, 3.8) is 0 Å². The van der Waals surface area contributed by atoms with E-state index in [0.717, 1.165) is 46.0 Å². The molecule has 0 radical (unpaired) electrons. The Balaban J connectivity index is 1.30. The second-order valence-corrected chi connectivity index (χ2v) is 13.1. The Kier molecular flexibility index (Phi) is 7.69. The minimum Gasteiger partial charge on any atom is -0.457 e. The molecule has 0 atom stereocenters. The van der Waals surface area contributed by atoms with Crippen LogP contribution >= 0.6 is 0 Å². The van der Waals surface area contributed by atoms with Crippen LogP contribution in [0.5, 0.6) is 11.5 Å². The van der Waals surface area contributed by atoms with Gasteiger partial charge in [-0.1, -0.05) is 64.1 Å². The van der Waals surface area contributed by atoms with Crippen molar-refractivity contribution in [2.45, 2.75) is 53.9 Å². The third kappa shape index (κ3) is 5.58. The van der Waals surface area contributed by atoms with E-state index in [9.17, 15) is 0 Å². The first-order valence-corrected chi connectivity index (χ1v) is 16.2. The number of rotatable bonds is 8. The lowest BCUT2D eigenvalue weighted by molar-refractivity contribution is 0.481.